The summed E-state index contributed by atoms with van der Waals surface area (Å²) in [4.78, 5) is 0. The molecule has 2 aromatic rings. The first kappa shape index (κ1) is 8.80. The van der Waals surface area contributed by atoms with Crippen LogP contribution in [0.25, 0.3) is 5.69 Å². The van der Waals surface area contributed by atoms with Gasteiger partial charge in [0.1, 0.15) is 0 Å². The molecule has 72 valence electrons. The van der Waals surface area contributed by atoms with E-state index >= 15 is 0 Å². The number of halogens is 2. The molecule has 0 saturated heterocycles. The van der Waals surface area contributed by atoms with Gasteiger partial charge < -0.3 is 0 Å². The van der Waals surface area contributed by atoms with Gasteiger partial charge in [-0.2, -0.15) is 0 Å². The van der Waals surface area contributed by atoms with Crippen LogP contribution in [0.5, 0.6) is 0 Å². The SMILES string of the molecule is FC(F)c1ccc(-n2ccnn2)cc1. The van der Waals surface area contributed by atoms with Gasteiger partial charge in [0.15, 0.2) is 0 Å². The van der Waals surface area contributed by atoms with Crippen molar-refractivity contribution in [1.82, 2.24) is 15.0 Å². The highest BCUT2D eigenvalue weighted by Crippen LogP contribution is 2.19. The van der Waals surface area contributed by atoms with Crippen LogP contribution in [0.3, 0.4) is 0 Å². The van der Waals surface area contributed by atoms with Crippen LogP contribution in [0.4, 0.5) is 8.78 Å². The molecule has 0 radical (unpaired) electrons. The zero-order valence-electron chi connectivity index (χ0n) is 7.14. The molecular formula is C9H7F2N3. The first-order valence-electron chi connectivity index (χ1n) is 4.02. The summed E-state index contributed by atoms with van der Waals surface area (Å²) in [6.07, 6.45) is 0.748. The van der Waals surface area contributed by atoms with Gasteiger partial charge in [0, 0.05) is 5.56 Å². The Kier molecular flexibility index (Phi) is 2.22. The van der Waals surface area contributed by atoms with Crippen molar-refractivity contribution in [3.8, 4) is 5.69 Å². The van der Waals surface area contributed by atoms with Gasteiger partial charge >= 0.3 is 0 Å². The lowest BCUT2D eigenvalue weighted by molar-refractivity contribution is 0.151. The predicted molar refractivity (Wildman–Crippen MR) is 46.3 cm³/mol. The molecule has 0 N–H and O–H groups in total. The first-order chi connectivity index (χ1) is 6.77. The van der Waals surface area contributed by atoms with Crippen LogP contribution >= 0.6 is 0 Å². The third kappa shape index (κ3) is 1.61. The minimum atomic E-state index is -2.43. The molecule has 3 nitrogen and oxygen atoms in total. The highest BCUT2D eigenvalue weighted by atomic mass is 19.3. The molecule has 0 amide bonds. The predicted octanol–water partition coefficient (Wildman–Crippen LogP) is 2.20. The highest BCUT2D eigenvalue weighted by molar-refractivity contribution is 5.33. The third-order valence-electron chi connectivity index (χ3n) is 1.83. The van der Waals surface area contributed by atoms with E-state index in [1.807, 2.05) is 0 Å². The molecule has 5 heteroatoms. The fraction of sp³-hybridized carbons (Fsp3) is 0.111. The molecule has 0 bridgehead atoms. The highest BCUT2D eigenvalue weighted by Gasteiger charge is 2.06. The average Bonchev–Trinajstić information content (AvgIpc) is 2.71. The zero-order chi connectivity index (χ0) is 9.97. The lowest BCUT2D eigenvalue weighted by atomic mass is 10.2. The molecule has 0 fully saturated rings. The van der Waals surface area contributed by atoms with Gasteiger partial charge in [0.2, 0.25) is 0 Å². The molecule has 1 aromatic carbocycles. The van der Waals surface area contributed by atoms with Crippen LogP contribution in [0, 0.1) is 0 Å². The van der Waals surface area contributed by atoms with Crippen molar-refractivity contribution >= 4 is 0 Å². The number of rotatable bonds is 2. The van der Waals surface area contributed by atoms with Crippen LogP contribution in [0.1, 0.15) is 12.0 Å². The minimum Gasteiger partial charge on any atom is -0.221 e. The van der Waals surface area contributed by atoms with Gasteiger partial charge in [-0.25, -0.2) is 13.5 Å². The Hall–Kier alpha value is -1.78. The monoisotopic (exact) mass is 195 g/mol. The molecule has 0 saturated carbocycles. The van der Waals surface area contributed by atoms with Gasteiger partial charge in [-0.3, -0.25) is 0 Å². The Morgan fingerprint density at radius 3 is 2.36 bits per heavy atom. The van der Waals surface area contributed by atoms with E-state index in [1.54, 1.807) is 18.3 Å². The molecule has 0 atom stereocenters. The second-order valence-corrected chi connectivity index (χ2v) is 2.74. The van der Waals surface area contributed by atoms with Crippen LogP contribution in [-0.4, -0.2) is 15.0 Å². The quantitative estimate of drug-likeness (QED) is 0.735. The van der Waals surface area contributed by atoms with E-state index in [2.05, 4.69) is 10.3 Å². The number of aromatic nitrogens is 3. The second-order valence-electron chi connectivity index (χ2n) is 2.74. The zero-order valence-corrected chi connectivity index (χ0v) is 7.14. The second kappa shape index (κ2) is 3.53. The number of hydrogen-bond acceptors (Lipinski definition) is 2. The van der Waals surface area contributed by atoms with Crippen molar-refractivity contribution in [3.63, 3.8) is 0 Å². The maximum atomic E-state index is 12.2. The average molecular weight is 195 g/mol. The van der Waals surface area contributed by atoms with E-state index < -0.39 is 6.43 Å². The molecule has 14 heavy (non-hydrogen) atoms. The summed E-state index contributed by atoms with van der Waals surface area (Å²) in [7, 11) is 0. The van der Waals surface area contributed by atoms with E-state index in [9.17, 15) is 8.78 Å². The van der Waals surface area contributed by atoms with Crippen molar-refractivity contribution in [3.05, 3.63) is 42.2 Å². The van der Waals surface area contributed by atoms with Crippen LogP contribution in [-0.2, 0) is 0 Å². The maximum Gasteiger partial charge on any atom is 0.263 e. The van der Waals surface area contributed by atoms with E-state index in [4.69, 9.17) is 0 Å². The summed E-state index contributed by atoms with van der Waals surface area (Å²) in [5.41, 5.74) is 0.723. The summed E-state index contributed by atoms with van der Waals surface area (Å²) in [5.74, 6) is 0. The van der Waals surface area contributed by atoms with Crippen molar-refractivity contribution < 1.29 is 8.78 Å². The lowest BCUT2D eigenvalue weighted by Gasteiger charge is -2.02. The fourth-order valence-electron chi connectivity index (χ4n) is 1.12. The summed E-state index contributed by atoms with van der Waals surface area (Å²) in [6, 6.07) is 5.91. The van der Waals surface area contributed by atoms with E-state index in [0.29, 0.717) is 5.69 Å². The Bertz CT molecular complexity index is 395. The summed E-state index contributed by atoms with van der Waals surface area (Å²) < 4.78 is 25.9. The van der Waals surface area contributed by atoms with Crippen LogP contribution < -0.4 is 0 Å². The fourth-order valence-corrected chi connectivity index (χ4v) is 1.12. The molecule has 0 spiro atoms. The van der Waals surface area contributed by atoms with Crippen LogP contribution in [0.2, 0.25) is 0 Å². The number of nitrogens with zero attached hydrogens (tertiary/aromatic N) is 3. The van der Waals surface area contributed by atoms with Crippen molar-refractivity contribution in [2.45, 2.75) is 6.43 Å². The number of benzene rings is 1. The standard InChI is InChI=1S/C9H7F2N3/c10-9(11)7-1-3-8(4-2-7)14-6-5-12-13-14/h1-6,9H. The van der Waals surface area contributed by atoms with Crippen LogP contribution in [0.15, 0.2) is 36.7 Å². The molecule has 0 aliphatic heterocycles. The van der Waals surface area contributed by atoms with Crippen molar-refractivity contribution in [2.75, 3.05) is 0 Å². The molecule has 0 aliphatic carbocycles. The Morgan fingerprint density at radius 1 is 1.14 bits per heavy atom. The molecule has 0 unspecified atom stereocenters. The van der Waals surface area contributed by atoms with E-state index in [-0.39, 0.29) is 5.56 Å². The third-order valence-corrected chi connectivity index (χ3v) is 1.83. The van der Waals surface area contributed by atoms with Gasteiger partial charge in [-0.1, -0.05) is 17.3 Å². The Labute approximate surface area is 79.0 Å². The van der Waals surface area contributed by atoms with Crippen molar-refractivity contribution in [2.24, 2.45) is 0 Å². The Balaban J connectivity index is 2.31. The summed E-state index contributed by atoms with van der Waals surface area (Å²) in [5, 5.41) is 7.36. The van der Waals surface area contributed by atoms with E-state index in [0.717, 1.165) is 0 Å². The van der Waals surface area contributed by atoms with Gasteiger partial charge in [0.05, 0.1) is 18.1 Å². The molecule has 1 heterocycles. The maximum absolute atomic E-state index is 12.2. The molecule has 0 aliphatic rings. The number of alkyl halides is 2. The van der Waals surface area contributed by atoms with Crippen molar-refractivity contribution in [1.29, 1.82) is 0 Å². The van der Waals surface area contributed by atoms with Gasteiger partial charge in [-0.15, -0.1) is 5.10 Å². The topological polar surface area (TPSA) is 30.7 Å². The Morgan fingerprint density at radius 2 is 1.86 bits per heavy atom. The van der Waals surface area contributed by atoms with Gasteiger partial charge in [0.25, 0.3) is 6.43 Å². The first-order valence-corrected chi connectivity index (χ1v) is 4.02. The molecule has 1 aromatic heterocycles. The van der Waals surface area contributed by atoms with E-state index in [1.165, 1.54) is 23.0 Å². The van der Waals surface area contributed by atoms with Gasteiger partial charge in [-0.05, 0) is 12.1 Å². The normalized spacial score (nSPS) is 10.8. The summed E-state index contributed by atoms with van der Waals surface area (Å²) in [6.45, 7) is 0. The molecular weight excluding hydrogens is 188 g/mol. The lowest BCUT2D eigenvalue weighted by Crippen LogP contribution is -1.95. The molecule has 2 rings (SSSR count). The largest absolute Gasteiger partial charge is 0.263 e. The number of hydrogen-bond donors (Lipinski definition) is 0. The summed E-state index contributed by atoms with van der Waals surface area (Å²) >= 11 is 0. The smallest absolute Gasteiger partial charge is 0.221 e. The minimum absolute atomic E-state index is 0.00821.